The van der Waals surface area contributed by atoms with Crippen LogP contribution < -0.4 is 0 Å². The van der Waals surface area contributed by atoms with Crippen molar-refractivity contribution in [2.75, 3.05) is 6.16 Å². The van der Waals surface area contributed by atoms with E-state index in [0.29, 0.717) is 6.42 Å². The van der Waals surface area contributed by atoms with Gasteiger partial charge in [-0.3, -0.25) is 4.57 Å². The van der Waals surface area contributed by atoms with Gasteiger partial charge in [-0.25, -0.2) is 0 Å². The Bertz CT molecular complexity index is 185. The standard InChI is InChI=1S/C10H22FO2P/c1-4-6-7-8-10(3)13-14(11,12)9-5-2/h10H,4-9H2,1-3H3. The zero-order valence-electron chi connectivity index (χ0n) is 9.46. The van der Waals surface area contributed by atoms with Crippen LogP contribution in [0.1, 0.15) is 52.9 Å². The summed E-state index contributed by atoms with van der Waals surface area (Å²) in [6.45, 7) is 5.71. The molecule has 2 atom stereocenters. The Morgan fingerprint density at radius 3 is 2.43 bits per heavy atom. The number of hydrogen-bond acceptors (Lipinski definition) is 2. The molecule has 0 heterocycles. The van der Waals surface area contributed by atoms with Crippen LogP contribution in [-0.4, -0.2) is 12.3 Å². The first kappa shape index (κ1) is 14.1. The van der Waals surface area contributed by atoms with Gasteiger partial charge in [0, 0.05) is 0 Å². The SMILES string of the molecule is CCCCCC(C)OP(=O)(F)CCC. The van der Waals surface area contributed by atoms with Crippen molar-refractivity contribution in [3.05, 3.63) is 0 Å². The van der Waals surface area contributed by atoms with Gasteiger partial charge in [0.1, 0.15) is 0 Å². The van der Waals surface area contributed by atoms with Gasteiger partial charge in [-0.1, -0.05) is 33.1 Å². The smallest absolute Gasteiger partial charge is 0.302 e. The van der Waals surface area contributed by atoms with E-state index >= 15 is 0 Å². The largest absolute Gasteiger partial charge is 0.367 e. The Labute approximate surface area is 86.8 Å². The van der Waals surface area contributed by atoms with E-state index in [1.165, 1.54) is 0 Å². The number of halogens is 1. The number of unbranched alkanes of at least 4 members (excludes halogenated alkanes) is 2. The molecule has 0 amide bonds. The average Bonchev–Trinajstić information content (AvgIpc) is 2.03. The maximum absolute atomic E-state index is 13.2. The van der Waals surface area contributed by atoms with Crippen molar-refractivity contribution in [2.24, 2.45) is 0 Å². The molecule has 0 aromatic carbocycles. The Morgan fingerprint density at radius 1 is 1.29 bits per heavy atom. The van der Waals surface area contributed by atoms with Gasteiger partial charge in [-0.05, 0) is 19.8 Å². The van der Waals surface area contributed by atoms with E-state index in [0.717, 1.165) is 25.7 Å². The maximum atomic E-state index is 13.2. The second kappa shape index (κ2) is 7.42. The van der Waals surface area contributed by atoms with Crippen LogP contribution in [0.4, 0.5) is 4.20 Å². The first-order chi connectivity index (χ1) is 6.52. The van der Waals surface area contributed by atoms with Crippen molar-refractivity contribution in [1.82, 2.24) is 0 Å². The van der Waals surface area contributed by atoms with E-state index in [1.807, 2.05) is 0 Å². The lowest BCUT2D eigenvalue weighted by Gasteiger charge is -2.15. The molecule has 0 aliphatic carbocycles. The van der Waals surface area contributed by atoms with Crippen molar-refractivity contribution < 1.29 is 13.3 Å². The van der Waals surface area contributed by atoms with E-state index in [-0.39, 0.29) is 12.3 Å². The third kappa shape index (κ3) is 7.52. The van der Waals surface area contributed by atoms with Gasteiger partial charge in [0.15, 0.2) is 0 Å². The van der Waals surface area contributed by atoms with Crippen LogP contribution in [0.2, 0.25) is 0 Å². The van der Waals surface area contributed by atoms with E-state index in [1.54, 1.807) is 13.8 Å². The first-order valence-electron chi connectivity index (χ1n) is 5.49. The normalized spacial score (nSPS) is 17.7. The van der Waals surface area contributed by atoms with Crippen LogP contribution in [0.3, 0.4) is 0 Å². The predicted octanol–water partition coefficient (Wildman–Crippen LogP) is 4.54. The number of rotatable bonds is 8. The molecule has 0 saturated carbocycles. The predicted molar refractivity (Wildman–Crippen MR) is 58.6 cm³/mol. The lowest BCUT2D eigenvalue weighted by Crippen LogP contribution is -2.06. The summed E-state index contributed by atoms with van der Waals surface area (Å²) in [4.78, 5) is 0. The second-order valence-corrected chi connectivity index (χ2v) is 5.56. The molecule has 0 saturated heterocycles. The van der Waals surface area contributed by atoms with Crippen LogP contribution in [0.15, 0.2) is 0 Å². The van der Waals surface area contributed by atoms with Crippen molar-refractivity contribution >= 4 is 7.68 Å². The fourth-order valence-electron chi connectivity index (χ4n) is 1.32. The van der Waals surface area contributed by atoms with E-state index in [2.05, 4.69) is 6.92 Å². The van der Waals surface area contributed by atoms with E-state index in [9.17, 15) is 8.76 Å². The van der Waals surface area contributed by atoms with Gasteiger partial charge >= 0.3 is 7.68 Å². The minimum absolute atomic E-state index is 0.0467. The van der Waals surface area contributed by atoms with Crippen LogP contribution in [0, 0.1) is 0 Å². The molecule has 0 aliphatic heterocycles. The molecule has 2 nitrogen and oxygen atoms in total. The summed E-state index contributed by atoms with van der Waals surface area (Å²) >= 11 is 0. The minimum Gasteiger partial charge on any atom is -0.302 e. The molecular weight excluding hydrogens is 202 g/mol. The quantitative estimate of drug-likeness (QED) is 0.446. The van der Waals surface area contributed by atoms with Gasteiger partial charge in [0.05, 0.1) is 12.3 Å². The van der Waals surface area contributed by atoms with Gasteiger partial charge in [0.2, 0.25) is 0 Å². The third-order valence-electron chi connectivity index (χ3n) is 2.04. The fraction of sp³-hybridized carbons (Fsp3) is 1.00. The zero-order chi connectivity index (χ0) is 11.0. The second-order valence-electron chi connectivity index (χ2n) is 3.73. The molecule has 0 radical (unpaired) electrons. The highest BCUT2D eigenvalue weighted by Gasteiger charge is 2.23. The molecule has 2 unspecified atom stereocenters. The molecule has 86 valence electrons. The van der Waals surface area contributed by atoms with Crippen LogP contribution in [0.5, 0.6) is 0 Å². The summed E-state index contributed by atoms with van der Waals surface area (Å²) in [5.41, 5.74) is 0. The van der Waals surface area contributed by atoms with Crippen molar-refractivity contribution in [1.29, 1.82) is 0 Å². The topological polar surface area (TPSA) is 26.3 Å². The van der Waals surface area contributed by atoms with Crippen LogP contribution >= 0.6 is 7.68 Å². The van der Waals surface area contributed by atoms with Crippen molar-refractivity contribution in [3.8, 4) is 0 Å². The van der Waals surface area contributed by atoms with Crippen molar-refractivity contribution in [3.63, 3.8) is 0 Å². The maximum Gasteiger partial charge on any atom is 0.367 e. The third-order valence-corrected chi connectivity index (χ3v) is 3.70. The highest BCUT2D eigenvalue weighted by atomic mass is 31.2. The Hall–Kier alpha value is 0.120. The average molecular weight is 224 g/mol. The lowest BCUT2D eigenvalue weighted by molar-refractivity contribution is 0.192. The molecule has 0 N–H and O–H groups in total. The first-order valence-corrected chi connectivity index (χ1v) is 7.19. The molecule has 0 bridgehead atoms. The van der Waals surface area contributed by atoms with Gasteiger partial charge in [-0.15, -0.1) is 0 Å². The van der Waals surface area contributed by atoms with Gasteiger partial charge in [-0.2, -0.15) is 4.20 Å². The Morgan fingerprint density at radius 2 is 1.93 bits per heavy atom. The molecule has 0 rings (SSSR count). The monoisotopic (exact) mass is 224 g/mol. The van der Waals surface area contributed by atoms with Gasteiger partial charge < -0.3 is 4.52 Å². The summed E-state index contributed by atoms with van der Waals surface area (Å²) in [6.07, 6.45) is 4.46. The summed E-state index contributed by atoms with van der Waals surface area (Å²) in [5, 5.41) is 0. The fourth-order valence-corrected chi connectivity index (χ4v) is 2.61. The summed E-state index contributed by atoms with van der Waals surface area (Å²) in [5.74, 6) is 0. The summed E-state index contributed by atoms with van der Waals surface area (Å²) < 4.78 is 29.3. The molecular formula is C10H22FO2P. The Kier molecular flexibility index (Phi) is 7.48. The highest BCUT2D eigenvalue weighted by molar-refractivity contribution is 7.53. The minimum atomic E-state index is -3.80. The molecule has 0 spiro atoms. The molecule has 0 aliphatic rings. The summed E-state index contributed by atoms with van der Waals surface area (Å²) in [6, 6.07) is 0. The highest BCUT2D eigenvalue weighted by Crippen LogP contribution is 2.50. The van der Waals surface area contributed by atoms with Crippen LogP contribution in [0.25, 0.3) is 0 Å². The van der Waals surface area contributed by atoms with Crippen LogP contribution in [-0.2, 0) is 9.09 Å². The van der Waals surface area contributed by atoms with E-state index in [4.69, 9.17) is 4.52 Å². The van der Waals surface area contributed by atoms with Crippen molar-refractivity contribution in [2.45, 2.75) is 59.0 Å². The molecule has 4 heteroatoms. The molecule has 14 heavy (non-hydrogen) atoms. The van der Waals surface area contributed by atoms with E-state index < -0.39 is 7.68 Å². The van der Waals surface area contributed by atoms with Gasteiger partial charge in [0.25, 0.3) is 0 Å². The zero-order valence-corrected chi connectivity index (χ0v) is 10.4. The molecule has 0 aromatic heterocycles. The Balaban J connectivity index is 3.69. The molecule has 0 fully saturated rings. The lowest BCUT2D eigenvalue weighted by atomic mass is 10.1. The molecule has 0 aromatic rings. The summed E-state index contributed by atoms with van der Waals surface area (Å²) in [7, 11) is -3.80. The number of hydrogen-bond donors (Lipinski definition) is 0.